The average Bonchev–Trinajstić information content (AvgIpc) is 2.37. The minimum atomic E-state index is -0.554. The normalized spacial score (nSPS) is 26.0. The summed E-state index contributed by atoms with van der Waals surface area (Å²) in [5.74, 6) is -1.12. The Labute approximate surface area is 111 Å². The van der Waals surface area contributed by atoms with E-state index in [-0.39, 0.29) is 24.0 Å². The number of methoxy groups -OCH3 is 1. The lowest BCUT2D eigenvalue weighted by molar-refractivity contribution is -0.0898. The molecule has 1 aromatic carbocycles. The Hall–Kier alpha value is -1.20. The summed E-state index contributed by atoms with van der Waals surface area (Å²) in [6.45, 7) is 3.00. The lowest BCUT2D eigenvalue weighted by Gasteiger charge is -2.43. The van der Waals surface area contributed by atoms with Gasteiger partial charge in [0.1, 0.15) is 18.0 Å². The van der Waals surface area contributed by atoms with Crippen LogP contribution in [0.4, 0.5) is 8.78 Å². The van der Waals surface area contributed by atoms with Crippen LogP contribution in [0.1, 0.15) is 19.8 Å². The third kappa shape index (κ3) is 3.22. The molecule has 0 saturated heterocycles. The van der Waals surface area contributed by atoms with E-state index in [4.69, 9.17) is 9.47 Å². The molecule has 106 valence electrons. The topological polar surface area (TPSA) is 30.5 Å². The largest absolute Gasteiger partial charge is 0.484 e. The average molecular weight is 271 g/mol. The quantitative estimate of drug-likeness (QED) is 0.862. The molecule has 1 fully saturated rings. The van der Waals surface area contributed by atoms with Gasteiger partial charge in [0.05, 0.1) is 0 Å². The molecule has 3 unspecified atom stereocenters. The summed E-state index contributed by atoms with van der Waals surface area (Å²) in [5.41, 5.74) is 0. The van der Waals surface area contributed by atoms with Gasteiger partial charge in [0.2, 0.25) is 0 Å². The van der Waals surface area contributed by atoms with Crippen LogP contribution in [0, 0.1) is 11.6 Å². The molecule has 19 heavy (non-hydrogen) atoms. The Balaban J connectivity index is 1.95. The molecule has 1 saturated carbocycles. The molecule has 2 rings (SSSR count). The van der Waals surface area contributed by atoms with Crippen molar-refractivity contribution in [2.75, 3.05) is 13.7 Å². The van der Waals surface area contributed by atoms with Gasteiger partial charge < -0.3 is 14.8 Å². The number of benzene rings is 1. The predicted octanol–water partition coefficient (Wildman–Crippen LogP) is 2.50. The first kappa shape index (κ1) is 14.2. The Kier molecular flexibility index (Phi) is 4.71. The van der Waals surface area contributed by atoms with Crippen LogP contribution in [0.3, 0.4) is 0 Å². The molecule has 0 aromatic heterocycles. The number of ether oxygens (including phenoxy) is 2. The van der Waals surface area contributed by atoms with E-state index in [1.165, 1.54) is 0 Å². The van der Waals surface area contributed by atoms with E-state index in [1.54, 1.807) is 7.11 Å². The van der Waals surface area contributed by atoms with E-state index in [2.05, 4.69) is 12.2 Å². The van der Waals surface area contributed by atoms with Gasteiger partial charge >= 0.3 is 0 Å². The monoisotopic (exact) mass is 271 g/mol. The molecule has 3 nitrogen and oxygen atoms in total. The van der Waals surface area contributed by atoms with Gasteiger partial charge in [-0.05, 0) is 25.1 Å². The van der Waals surface area contributed by atoms with Crippen LogP contribution in [-0.2, 0) is 4.74 Å². The predicted molar refractivity (Wildman–Crippen MR) is 68.3 cm³/mol. The summed E-state index contributed by atoms with van der Waals surface area (Å²) in [4.78, 5) is 0. The lowest BCUT2D eigenvalue weighted by atomic mass is 9.85. The highest BCUT2D eigenvalue weighted by atomic mass is 19.1. The van der Waals surface area contributed by atoms with Crippen LogP contribution in [0.25, 0.3) is 0 Å². The van der Waals surface area contributed by atoms with Crippen molar-refractivity contribution in [3.05, 3.63) is 29.8 Å². The summed E-state index contributed by atoms with van der Waals surface area (Å²) in [7, 11) is 1.60. The molecule has 1 aliphatic carbocycles. The van der Waals surface area contributed by atoms with Crippen molar-refractivity contribution in [1.82, 2.24) is 5.32 Å². The third-order valence-corrected chi connectivity index (χ3v) is 3.35. The standard InChI is InChI=1S/C14H19F2NO2/c1-3-6-17-11-8-13(14(11)18-2)19-12-7-9(15)4-5-10(12)16/h4-5,7,11,13-14,17H,3,6,8H2,1-2H3. The molecule has 1 aliphatic rings. The molecule has 0 radical (unpaired) electrons. The molecule has 3 atom stereocenters. The molecule has 0 bridgehead atoms. The van der Waals surface area contributed by atoms with Crippen LogP contribution in [0.2, 0.25) is 0 Å². The summed E-state index contributed by atoms with van der Waals surface area (Å²) >= 11 is 0. The minimum absolute atomic E-state index is 0.0546. The van der Waals surface area contributed by atoms with E-state index >= 15 is 0 Å². The number of hydrogen-bond acceptors (Lipinski definition) is 3. The first-order chi connectivity index (χ1) is 9.15. The Morgan fingerprint density at radius 3 is 2.84 bits per heavy atom. The second-order valence-electron chi connectivity index (χ2n) is 4.73. The highest BCUT2D eigenvalue weighted by molar-refractivity contribution is 5.26. The van der Waals surface area contributed by atoms with Gasteiger partial charge in [-0.3, -0.25) is 0 Å². The van der Waals surface area contributed by atoms with Gasteiger partial charge in [-0.1, -0.05) is 6.92 Å². The summed E-state index contributed by atoms with van der Waals surface area (Å²) in [6, 6.07) is 3.42. The molecule has 0 amide bonds. The fourth-order valence-corrected chi connectivity index (χ4v) is 2.27. The first-order valence-electron chi connectivity index (χ1n) is 6.53. The fourth-order valence-electron chi connectivity index (χ4n) is 2.27. The van der Waals surface area contributed by atoms with Gasteiger partial charge in [0.25, 0.3) is 0 Å². The van der Waals surface area contributed by atoms with Gasteiger partial charge in [0.15, 0.2) is 11.6 Å². The van der Waals surface area contributed by atoms with Crippen molar-refractivity contribution >= 4 is 0 Å². The number of hydrogen-bond donors (Lipinski definition) is 1. The second kappa shape index (κ2) is 6.30. The second-order valence-corrected chi connectivity index (χ2v) is 4.73. The van der Waals surface area contributed by atoms with Crippen molar-refractivity contribution < 1.29 is 18.3 Å². The first-order valence-corrected chi connectivity index (χ1v) is 6.53. The molecule has 5 heteroatoms. The Morgan fingerprint density at radius 2 is 2.16 bits per heavy atom. The zero-order valence-electron chi connectivity index (χ0n) is 11.2. The molecule has 1 aromatic rings. The zero-order valence-corrected chi connectivity index (χ0v) is 11.2. The van der Waals surface area contributed by atoms with Crippen LogP contribution < -0.4 is 10.1 Å². The van der Waals surface area contributed by atoms with Crippen LogP contribution in [-0.4, -0.2) is 31.9 Å². The summed E-state index contributed by atoms with van der Waals surface area (Å²) in [6.07, 6.45) is 1.40. The molecule has 0 spiro atoms. The van der Waals surface area contributed by atoms with Crippen LogP contribution >= 0.6 is 0 Å². The van der Waals surface area contributed by atoms with Crippen LogP contribution in [0.5, 0.6) is 5.75 Å². The smallest absolute Gasteiger partial charge is 0.165 e. The zero-order chi connectivity index (χ0) is 13.8. The van der Waals surface area contributed by atoms with Crippen molar-refractivity contribution in [2.24, 2.45) is 0 Å². The lowest BCUT2D eigenvalue weighted by Crippen LogP contribution is -2.61. The van der Waals surface area contributed by atoms with Crippen molar-refractivity contribution in [2.45, 2.75) is 38.0 Å². The maximum atomic E-state index is 13.5. The summed E-state index contributed by atoms with van der Waals surface area (Å²) in [5, 5.41) is 3.34. The molecular formula is C14H19F2NO2. The maximum Gasteiger partial charge on any atom is 0.165 e. The van der Waals surface area contributed by atoms with Gasteiger partial charge in [-0.25, -0.2) is 8.78 Å². The van der Waals surface area contributed by atoms with Crippen molar-refractivity contribution in [3.8, 4) is 5.75 Å². The number of nitrogens with one attached hydrogen (secondary N) is 1. The van der Waals surface area contributed by atoms with E-state index in [1.807, 2.05) is 0 Å². The van der Waals surface area contributed by atoms with Gasteiger partial charge in [-0.15, -0.1) is 0 Å². The fraction of sp³-hybridized carbons (Fsp3) is 0.571. The summed E-state index contributed by atoms with van der Waals surface area (Å²) < 4.78 is 37.4. The highest BCUT2D eigenvalue weighted by Gasteiger charge is 2.43. The molecule has 0 heterocycles. The Morgan fingerprint density at radius 1 is 1.37 bits per heavy atom. The molecular weight excluding hydrogens is 252 g/mol. The van der Waals surface area contributed by atoms with E-state index in [0.29, 0.717) is 0 Å². The maximum absolute atomic E-state index is 13.5. The van der Waals surface area contributed by atoms with Gasteiger partial charge in [-0.2, -0.15) is 0 Å². The van der Waals surface area contributed by atoms with Gasteiger partial charge in [0, 0.05) is 25.6 Å². The van der Waals surface area contributed by atoms with E-state index in [0.717, 1.165) is 37.6 Å². The SMILES string of the molecule is CCCNC1CC(Oc2cc(F)ccc2F)C1OC. The Bertz CT molecular complexity index is 428. The molecule has 1 N–H and O–H groups in total. The highest BCUT2D eigenvalue weighted by Crippen LogP contribution is 2.30. The van der Waals surface area contributed by atoms with E-state index < -0.39 is 11.6 Å². The van der Waals surface area contributed by atoms with E-state index in [9.17, 15) is 8.78 Å². The molecule has 0 aliphatic heterocycles. The van der Waals surface area contributed by atoms with Crippen LogP contribution in [0.15, 0.2) is 18.2 Å². The number of rotatable bonds is 6. The van der Waals surface area contributed by atoms with Crippen molar-refractivity contribution in [3.63, 3.8) is 0 Å². The minimum Gasteiger partial charge on any atom is -0.484 e. The van der Waals surface area contributed by atoms with Crippen molar-refractivity contribution in [1.29, 1.82) is 0 Å². The third-order valence-electron chi connectivity index (χ3n) is 3.35. The number of halogens is 2.